The van der Waals surface area contributed by atoms with E-state index in [1.807, 2.05) is 32.9 Å². The van der Waals surface area contributed by atoms with Crippen LogP contribution < -0.4 is 10.7 Å². The van der Waals surface area contributed by atoms with Crippen molar-refractivity contribution in [3.63, 3.8) is 0 Å². The largest absolute Gasteiger partial charge is 0.464 e. The number of amides is 4. The smallest absolute Gasteiger partial charge is 0.324 e. The van der Waals surface area contributed by atoms with E-state index in [9.17, 15) is 24.0 Å². The van der Waals surface area contributed by atoms with Gasteiger partial charge in [-0.2, -0.15) is 4.37 Å². The number of hydrogen-bond acceptors (Lipinski definition) is 12. The van der Waals surface area contributed by atoms with E-state index in [2.05, 4.69) is 66.1 Å². The number of cyclic esters (lactones) is 1. The van der Waals surface area contributed by atoms with Crippen molar-refractivity contribution < 1.29 is 33.4 Å². The van der Waals surface area contributed by atoms with E-state index in [4.69, 9.17) is 23.8 Å². The maximum absolute atomic E-state index is 14.6. The van der Waals surface area contributed by atoms with Crippen LogP contribution in [-0.4, -0.2) is 122 Å². The third-order valence-corrected chi connectivity index (χ3v) is 13.5. The first-order valence-corrected chi connectivity index (χ1v) is 23.3. The molecule has 16 nitrogen and oxygen atoms in total. The van der Waals surface area contributed by atoms with Crippen molar-refractivity contribution >= 4 is 52.0 Å². The van der Waals surface area contributed by atoms with Gasteiger partial charge in [0.1, 0.15) is 23.1 Å². The van der Waals surface area contributed by atoms with Crippen LogP contribution in [0.1, 0.15) is 90.1 Å². The molecule has 2 N–H and O–H groups in total. The summed E-state index contributed by atoms with van der Waals surface area (Å²) in [5.74, 6) is 2.79. The van der Waals surface area contributed by atoms with Crippen LogP contribution in [0.15, 0.2) is 36.5 Å². The number of aryl methyl sites for hydroxylation is 1. The van der Waals surface area contributed by atoms with Gasteiger partial charge in [-0.1, -0.05) is 33.6 Å². The molecule has 346 valence electrons. The van der Waals surface area contributed by atoms with E-state index in [1.165, 1.54) is 9.91 Å². The van der Waals surface area contributed by atoms with Gasteiger partial charge in [0.15, 0.2) is 5.82 Å². The lowest BCUT2D eigenvalue weighted by atomic mass is 9.84. The third-order valence-electron chi connectivity index (χ3n) is 12.8. The third kappa shape index (κ3) is 9.95. The number of methoxy groups -OCH3 is 1. The van der Waals surface area contributed by atoms with Crippen LogP contribution in [0.4, 0.5) is 0 Å². The van der Waals surface area contributed by atoms with Crippen LogP contribution in [0, 0.1) is 29.1 Å². The van der Waals surface area contributed by atoms with Crippen LogP contribution in [0.25, 0.3) is 33.5 Å². The monoisotopic (exact) mass is 907 g/mol. The number of fused-ring (bicyclic) bond motifs is 6. The summed E-state index contributed by atoms with van der Waals surface area (Å²) in [6.45, 7) is 15.2. The van der Waals surface area contributed by atoms with Gasteiger partial charge in [0, 0.05) is 80.4 Å². The average molecular weight is 908 g/mol. The summed E-state index contributed by atoms with van der Waals surface area (Å²) in [7, 11) is 3.26. The number of likely N-dealkylation sites (N-methyl/N-ethyl adjacent to an activating group) is 1. The lowest BCUT2D eigenvalue weighted by Gasteiger charge is -2.36. The van der Waals surface area contributed by atoms with Crippen molar-refractivity contribution in [2.45, 2.75) is 111 Å². The Morgan fingerprint density at radius 2 is 1.92 bits per heavy atom. The molecular formula is C48H61N9O7S. The second-order valence-corrected chi connectivity index (χ2v) is 19.2. The number of carbonyl (C=O) groups is 5. The predicted octanol–water partition coefficient (Wildman–Crippen LogP) is 4.95. The van der Waals surface area contributed by atoms with Crippen LogP contribution >= 0.6 is 11.5 Å². The molecule has 0 unspecified atom stereocenters. The van der Waals surface area contributed by atoms with E-state index < -0.39 is 47.2 Å². The Morgan fingerprint density at radius 3 is 2.65 bits per heavy atom. The lowest BCUT2D eigenvalue weighted by molar-refractivity contribution is -0.155. The normalized spacial score (nSPS) is 21.0. The van der Waals surface area contributed by atoms with Gasteiger partial charge in [0.25, 0.3) is 11.8 Å². The average Bonchev–Trinajstić information content (AvgIpc) is 4.05. The first-order chi connectivity index (χ1) is 31.0. The molecule has 6 bridgehead atoms. The van der Waals surface area contributed by atoms with Crippen molar-refractivity contribution in [3.8, 4) is 34.5 Å². The van der Waals surface area contributed by atoms with E-state index in [0.29, 0.717) is 56.1 Å². The molecule has 4 aromatic rings. The number of hydrogen-bond donors (Lipinski definition) is 2. The van der Waals surface area contributed by atoms with Crippen molar-refractivity contribution in [1.29, 1.82) is 0 Å². The zero-order valence-electron chi connectivity index (χ0n) is 38.9. The number of benzene rings is 1. The molecule has 0 radical (unpaired) electrons. The summed E-state index contributed by atoms with van der Waals surface area (Å²) >= 11 is 1.15. The highest BCUT2D eigenvalue weighted by molar-refractivity contribution is 7.05. The summed E-state index contributed by atoms with van der Waals surface area (Å²) in [6, 6.07) is 7.35. The molecule has 3 aromatic heterocycles. The summed E-state index contributed by atoms with van der Waals surface area (Å²) in [4.78, 5) is 82.0. The zero-order valence-corrected chi connectivity index (χ0v) is 39.7. The molecule has 7 rings (SSSR count). The van der Waals surface area contributed by atoms with Crippen molar-refractivity contribution in [2.24, 2.45) is 17.3 Å². The zero-order chi connectivity index (χ0) is 46.7. The van der Waals surface area contributed by atoms with Gasteiger partial charge in [0.05, 0.1) is 30.0 Å². The lowest BCUT2D eigenvalue weighted by Crippen LogP contribution is -2.62. The van der Waals surface area contributed by atoms with Crippen molar-refractivity contribution in [2.75, 3.05) is 40.4 Å². The van der Waals surface area contributed by atoms with E-state index in [0.717, 1.165) is 50.5 Å². The highest BCUT2D eigenvalue weighted by Gasteiger charge is 2.40. The van der Waals surface area contributed by atoms with Crippen LogP contribution in [0.5, 0.6) is 0 Å². The van der Waals surface area contributed by atoms with Crippen LogP contribution in [-0.2, 0) is 52.8 Å². The molecule has 0 saturated carbocycles. The maximum atomic E-state index is 14.6. The second-order valence-electron chi connectivity index (χ2n) is 18.4. The molecule has 65 heavy (non-hydrogen) atoms. The second kappa shape index (κ2) is 19.8. The fourth-order valence-corrected chi connectivity index (χ4v) is 10.1. The fraction of sp³-hybridized carbons (Fsp3) is 0.542. The Hall–Kier alpha value is -5.70. The number of nitrogens with zero attached hydrogens (tertiary/aromatic N) is 7. The van der Waals surface area contributed by atoms with Gasteiger partial charge in [-0.25, -0.2) is 10.4 Å². The molecule has 5 atom stereocenters. The van der Waals surface area contributed by atoms with E-state index in [1.54, 1.807) is 32.2 Å². The molecule has 2 saturated heterocycles. The number of ether oxygens (including phenoxy) is 2. The topological polar surface area (TPSA) is 181 Å². The number of pyridine rings is 1. The van der Waals surface area contributed by atoms with Gasteiger partial charge < -0.3 is 29.2 Å². The van der Waals surface area contributed by atoms with E-state index >= 15 is 0 Å². The maximum Gasteiger partial charge on any atom is 0.324 e. The van der Waals surface area contributed by atoms with Gasteiger partial charge in [-0.3, -0.25) is 34.0 Å². The number of carbonyl (C=O) groups excluding carboxylic acids is 5. The summed E-state index contributed by atoms with van der Waals surface area (Å²) in [6.07, 6.45) is 3.51. The minimum Gasteiger partial charge on any atom is -0.464 e. The number of likely N-dealkylation sites (tertiary alicyclic amines) is 1. The summed E-state index contributed by atoms with van der Waals surface area (Å²) in [5.41, 5.74) is 8.26. The van der Waals surface area contributed by atoms with Crippen molar-refractivity contribution in [3.05, 3.63) is 52.8 Å². The molecule has 0 spiro atoms. The molecule has 3 aliphatic rings. The SMILES string of the molecule is CC#CC(=O)N1CC[C@H](C(=O)N(C)[C@H](C(=O)N[C@H]2Cc3nc(ns3)-c3ccc4c(c3)c(c(-c3cccnc3[C@H](C)OC)n4CC)CC(C)(C)COC(=O)[C@@H]3CCCN(N3)C2=O)C(C)C)C1. The number of aromatic nitrogens is 4. The number of rotatable bonds is 9. The quantitative estimate of drug-likeness (QED) is 0.171. The number of esters is 1. The first kappa shape index (κ1) is 47.3. The molecular weight excluding hydrogens is 847 g/mol. The van der Waals surface area contributed by atoms with Gasteiger partial charge >= 0.3 is 5.97 Å². The minimum absolute atomic E-state index is 0.00960. The van der Waals surface area contributed by atoms with E-state index in [-0.39, 0.29) is 43.4 Å². The predicted molar refractivity (Wildman–Crippen MR) is 247 cm³/mol. The molecule has 6 heterocycles. The molecule has 1 aromatic carbocycles. The number of nitrogens with one attached hydrogen (secondary N) is 2. The molecule has 3 aliphatic heterocycles. The van der Waals surface area contributed by atoms with Gasteiger partial charge in [-0.05, 0) is 106 Å². The number of hydrazine groups is 1. The molecule has 0 aliphatic carbocycles. The fourth-order valence-electron chi connectivity index (χ4n) is 9.40. The Morgan fingerprint density at radius 1 is 1.14 bits per heavy atom. The Labute approximate surface area is 384 Å². The summed E-state index contributed by atoms with van der Waals surface area (Å²) in [5, 5.41) is 5.91. The Bertz CT molecular complexity index is 2520. The molecule has 17 heteroatoms. The van der Waals surface area contributed by atoms with Gasteiger partial charge in [0.2, 0.25) is 11.8 Å². The first-order valence-electron chi connectivity index (χ1n) is 22.5. The Balaban J connectivity index is 1.26. The summed E-state index contributed by atoms with van der Waals surface area (Å²) < 4.78 is 19.0. The highest BCUT2D eigenvalue weighted by atomic mass is 32.1. The molecule has 2 fully saturated rings. The molecule has 4 amide bonds. The van der Waals surface area contributed by atoms with Crippen LogP contribution in [0.3, 0.4) is 0 Å². The Kier molecular flexibility index (Phi) is 14.4. The minimum atomic E-state index is -1.13. The van der Waals surface area contributed by atoms with Crippen molar-refractivity contribution in [1.82, 2.24) is 44.5 Å². The van der Waals surface area contributed by atoms with Gasteiger partial charge in [-0.15, -0.1) is 0 Å². The standard InChI is InChI=1S/C48H61N9O7S/c1-10-14-39(58)55-22-19-31(26-55)45(60)54(8)41(28(3)4)44(59)50-36-24-38-51-43(53-65-38)30-17-18-37-33(23-30)34(42(56(37)11-2)32-15-12-20-49-40(32)29(5)63-9)25-48(6,7)27-64-47(62)35-16-13-21-57(52-35)46(36)61/h12,15,17-18,20,23,28-29,31,35-36,41,52H,11,13,16,19,21-22,24-27H2,1-9H3,(H,50,59)/t29-,31-,35-,36-,41-/m0/s1. The van der Waals surface area contributed by atoms with Crippen LogP contribution in [0.2, 0.25) is 0 Å². The highest BCUT2D eigenvalue weighted by Crippen LogP contribution is 2.42.